The van der Waals surface area contributed by atoms with E-state index in [1.807, 2.05) is 55.6 Å². The quantitative estimate of drug-likeness (QED) is 0.904. The largest absolute Gasteiger partial charge is 0.494 e. The van der Waals surface area contributed by atoms with Crippen molar-refractivity contribution in [1.82, 2.24) is 5.32 Å². The zero-order valence-corrected chi connectivity index (χ0v) is 11.9. The molecule has 100 valence electrons. The molecule has 0 aliphatic carbocycles. The number of hydrogen-bond acceptors (Lipinski definition) is 3. The van der Waals surface area contributed by atoms with Gasteiger partial charge in [-0.3, -0.25) is 4.79 Å². The minimum absolute atomic E-state index is 0.0229. The molecule has 3 nitrogen and oxygen atoms in total. The third-order valence-corrected chi connectivity index (χ3v) is 3.65. The molecule has 0 aliphatic heterocycles. The number of carbonyl (C=O) groups is 1. The van der Waals surface area contributed by atoms with Gasteiger partial charge in [0, 0.05) is 0 Å². The van der Waals surface area contributed by atoms with Gasteiger partial charge in [0.1, 0.15) is 5.75 Å². The van der Waals surface area contributed by atoms with Gasteiger partial charge in [-0.1, -0.05) is 18.2 Å². The van der Waals surface area contributed by atoms with Crippen LogP contribution in [0.25, 0.3) is 0 Å². The summed E-state index contributed by atoms with van der Waals surface area (Å²) in [6.07, 6.45) is 0. The highest BCUT2D eigenvalue weighted by Crippen LogP contribution is 2.18. The van der Waals surface area contributed by atoms with Crippen LogP contribution in [0.1, 0.15) is 35.1 Å². The summed E-state index contributed by atoms with van der Waals surface area (Å²) < 4.78 is 5.39. The molecule has 4 heteroatoms. The zero-order valence-electron chi connectivity index (χ0n) is 11.1. The van der Waals surface area contributed by atoms with Crippen LogP contribution in [0.2, 0.25) is 0 Å². The summed E-state index contributed by atoms with van der Waals surface area (Å²) >= 11 is 1.45. The highest BCUT2D eigenvalue weighted by Gasteiger charge is 2.11. The minimum atomic E-state index is -0.0311. The van der Waals surface area contributed by atoms with Crippen molar-refractivity contribution in [1.29, 1.82) is 0 Å². The third-order valence-electron chi connectivity index (χ3n) is 2.78. The van der Waals surface area contributed by atoms with E-state index in [9.17, 15) is 4.79 Å². The number of rotatable bonds is 5. The summed E-state index contributed by atoms with van der Waals surface area (Å²) in [6, 6.07) is 11.5. The van der Waals surface area contributed by atoms with Crippen molar-refractivity contribution < 1.29 is 9.53 Å². The Hall–Kier alpha value is -1.81. The van der Waals surface area contributed by atoms with Crippen molar-refractivity contribution in [2.75, 3.05) is 6.61 Å². The fraction of sp³-hybridized carbons (Fsp3) is 0.267. The number of thiophene rings is 1. The van der Waals surface area contributed by atoms with Crippen LogP contribution in [0.5, 0.6) is 5.75 Å². The van der Waals surface area contributed by atoms with Crippen LogP contribution in [0.4, 0.5) is 0 Å². The number of benzene rings is 1. The number of hydrogen-bond donors (Lipinski definition) is 1. The second-order valence-corrected chi connectivity index (χ2v) is 5.12. The Morgan fingerprint density at radius 3 is 2.63 bits per heavy atom. The molecule has 0 spiro atoms. The van der Waals surface area contributed by atoms with Crippen LogP contribution in [0, 0.1) is 0 Å². The molecule has 0 radical (unpaired) electrons. The van der Waals surface area contributed by atoms with Gasteiger partial charge in [-0.15, -0.1) is 11.3 Å². The van der Waals surface area contributed by atoms with Gasteiger partial charge in [-0.2, -0.15) is 0 Å². The fourth-order valence-corrected chi connectivity index (χ4v) is 2.41. The maximum absolute atomic E-state index is 11.9. The van der Waals surface area contributed by atoms with E-state index in [1.165, 1.54) is 11.3 Å². The van der Waals surface area contributed by atoms with Crippen molar-refractivity contribution in [2.24, 2.45) is 0 Å². The van der Waals surface area contributed by atoms with Crippen LogP contribution < -0.4 is 10.1 Å². The van der Waals surface area contributed by atoms with Crippen molar-refractivity contribution in [3.05, 3.63) is 52.2 Å². The van der Waals surface area contributed by atoms with Crippen molar-refractivity contribution >= 4 is 17.2 Å². The molecular formula is C15H17NO2S. The van der Waals surface area contributed by atoms with E-state index in [2.05, 4.69) is 5.32 Å². The average Bonchev–Trinajstić information content (AvgIpc) is 2.94. The first-order chi connectivity index (χ1) is 9.20. The summed E-state index contributed by atoms with van der Waals surface area (Å²) in [7, 11) is 0. The van der Waals surface area contributed by atoms with E-state index in [4.69, 9.17) is 4.74 Å². The Morgan fingerprint density at radius 1 is 1.32 bits per heavy atom. The van der Waals surface area contributed by atoms with E-state index in [1.54, 1.807) is 0 Å². The Balaban J connectivity index is 1.99. The lowest BCUT2D eigenvalue weighted by molar-refractivity contribution is 0.0944. The van der Waals surface area contributed by atoms with E-state index >= 15 is 0 Å². The molecule has 1 atom stereocenters. The first-order valence-corrected chi connectivity index (χ1v) is 7.15. The minimum Gasteiger partial charge on any atom is -0.494 e. The molecule has 1 aromatic heterocycles. The predicted octanol–water partition coefficient (Wildman–Crippen LogP) is 3.64. The van der Waals surface area contributed by atoms with Gasteiger partial charge in [0.25, 0.3) is 5.91 Å². The van der Waals surface area contributed by atoms with Crippen LogP contribution in [0.15, 0.2) is 41.8 Å². The van der Waals surface area contributed by atoms with E-state index < -0.39 is 0 Å². The predicted molar refractivity (Wildman–Crippen MR) is 77.8 cm³/mol. The Labute approximate surface area is 117 Å². The third kappa shape index (κ3) is 3.58. The summed E-state index contributed by atoms with van der Waals surface area (Å²) in [6.45, 7) is 4.59. The van der Waals surface area contributed by atoms with Crippen LogP contribution >= 0.6 is 11.3 Å². The molecule has 1 heterocycles. The second kappa shape index (κ2) is 6.38. The molecule has 1 N–H and O–H groups in total. The SMILES string of the molecule is CCOc1ccc([C@H](C)NC(=O)c2cccs2)cc1. The Bertz CT molecular complexity index is 520. The molecule has 1 aromatic carbocycles. The first-order valence-electron chi connectivity index (χ1n) is 6.28. The maximum Gasteiger partial charge on any atom is 0.261 e. The van der Waals surface area contributed by atoms with Gasteiger partial charge >= 0.3 is 0 Å². The van der Waals surface area contributed by atoms with Gasteiger partial charge in [-0.25, -0.2) is 0 Å². The standard InChI is InChI=1S/C15H17NO2S/c1-3-18-13-8-6-12(7-9-13)11(2)16-15(17)14-5-4-10-19-14/h4-11H,3H2,1-2H3,(H,16,17)/t11-/m0/s1. The Kier molecular flexibility index (Phi) is 4.58. The van der Waals surface area contributed by atoms with Crippen LogP contribution in [0.3, 0.4) is 0 Å². The molecule has 0 fully saturated rings. The van der Waals surface area contributed by atoms with Crippen LogP contribution in [-0.4, -0.2) is 12.5 Å². The lowest BCUT2D eigenvalue weighted by Crippen LogP contribution is -2.25. The van der Waals surface area contributed by atoms with E-state index in [0.29, 0.717) is 6.61 Å². The number of ether oxygens (including phenoxy) is 1. The van der Waals surface area contributed by atoms with Crippen LogP contribution in [-0.2, 0) is 0 Å². The summed E-state index contributed by atoms with van der Waals surface area (Å²) in [5.41, 5.74) is 1.06. The first kappa shape index (κ1) is 13.6. The van der Waals surface area contributed by atoms with Gasteiger partial charge < -0.3 is 10.1 Å². The molecule has 2 rings (SSSR count). The number of carbonyl (C=O) groups excluding carboxylic acids is 1. The van der Waals surface area contributed by atoms with Gasteiger partial charge in [0.2, 0.25) is 0 Å². The topological polar surface area (TPSA) is 38.3 Å². The highest BCUT2D eigenvalue weighted by molar-refractivity contribution is 7.12. The normalized spacial score (nSPS) is 11.9. The van der Waals surface area contributed by atoms with Gasteiger partial charge in [0.05, 0.1) is 17.5 Å². The van der Waals surface area contributed by atoms with E-state index in [0.717, 1.165) is 16.2 Å². The Morgan fingerprint density at radius 2 is 2.05 bits per heavy atom. The van der Waals surface area contributed by atoms with Gasteiger partial charge in [0.15, 0.2) is 0 Å². The van der Waals surface area contributed by atoms with Gasteiger partial charge in [-0.05, 0) is 43.0 Å². The molecular weight excluding hydrogens is 258 g/mol. The van der Waals surface area contributed by atoms with E-state index in [-0.39, 0.29) is 11.9 Å². The molecule has 2 aromatic rings. The lowest BCUT2D eigenvalue weighted by Gasteiger charge is -2.14. The lowest BCUT2D eigenvalue weighted by atomic mass is 10.1. The molecule has 0 saturated heterocycles. The molecule has 1 amide bonds. The monoisotopic (exact) mass is 275 g/mol. The van der Waals surface area contributed by atoms with Crippen molar-refractivity contribution in [2.45, 2.75) is 19.9 Å². The summed E-state index contributed by atoms with van der Waals surface area (Å²) in [5.74, 6) is 0.819. The maximum atomic E-state index is 11.9. The van der Waals surface area contributed by atoms with Crippen molar-refractivity contribution in [3.8, 4) is 5.75 Å². The average molecular weight is 275 g/mol. The molecule has 0 bridgehead atoms. The zero-order chi connectivity index (χ0) is 13.7. The summed E-state index contributed by atoms with van der Waals surface area (Å²) in [5, 5.41) is 4.88. The second-order valence-electron chi connectivity index (χ2n) is 4.17. The molecule has 19 heavy (non-hydrogen) atoms. The molecule has 0 saturated carbocycles. The fourth-order valence-electron chi connectivity index (χ4n) is 1.78. The smallest absolute Gasteiger partial charge is 0.261 e. The number of nitrogens with one attached hydrogen (secondary N) is 1. The molecule has 0 aliphatic rings. The number of amides is 1. The van der Waals surface area contributed by atoms with Crippen molar-refractivity contribution in [3.63, 3.8) is 0 Å². The highest BCUT2D eigenvalue weighted by atomic mass is 32.1. The summed E-state index contributed by atoms with van der Waals surface area (Å²) in [4.78, 5) is 12.7. The molecule has 0 unspecified atom stereocenters.